The van der Waals surface area contributed by atoms with E-state index in [9.17, 15) is 9.90 Å². The number of aliphatic hydroxyl groups excluding tert-OH is 2. The molecule has 2 N–H and O–H groups in total. The van der Waals surface area contributed by atoms with E-state index in [1.54, 1.807) is 0 Å². The normalized spacial score (nSPS) is 20.4. The van der Waals surface area contributed by atoms with Crippen molar-refractivity contribution in [3.63, 3.8) is 0 Å². The van der Waals surface area contributed by atoms with Gasteiger partial charge in [0, 0.05) is 31.7 Å². The van der Waals surface area contributed by atoms with Crippen LogP contribution in [-0.2, 0) is 4.79 Å². The summed E-state index contributed by atoms with van der Waals surface area (Å²) in [4.78, 5) is 16.4. The van der Waals surface area contributed by atoms with E-state index in [1.165, 1.54) is 0 Å². The largest absolute Gasteiger partial charge is 0.511 e. The third-order valence-corrected chi connectivity index (χ3v) is 3.09. The highest BCUT2D eigenvalue weighted by atomic mass is 16.3. The van der Waals surface area contributed by atoms with Crippen molar-refractivity contribution in [2.45, 2.75) is 46.5 Å². The lowest BCUT2D eigenvalue weighted by Crippen LogP contribution is -2.29. The smallest absolute Gasteiger partial charge is 0.168 e. The lowest BCUT2D eigenvalue weighted by molar-refractivity contribution is -0.117. The molecule has 0 amide bonds. The number of nitrogens with zero attached hydrogens (tertiary/aromatic N) is 1. The van der Waals surface area contributed by atoms with Crippen LogP contribution in [-0.4, -0.2) is 34.9 Å². The number of Topliss-reactive ketones (excluding diaryl/α,β-unsaturated/α-hetero) is 1. The van der Waals surface area contributed by atoms with Crippen LogP contribution in [0.1, 0.15) is 46.5 Å². The van der Waals surface area contributed by atoms with Crippen molar-refractivity contribution in [2.24, 2.45) is 10.4 Å². The van der Waals surface area contributed by atoms with Crippen LogP contribution in [0.2, 0.25) is 0 Å². The molecule has 1 rings (SSSR count). The Morgan fingerprint density at radius 1 is 1.39 bits per heavy atom. The van der Waals surface area contributed by atoms with E-state index in [1.807, 2.05) is 20.8 Å². The number of carbonyl (C=O) groups excluding carboxylic acids is 1. The van der Waals surface area contributed by atoms with Crippen molar-refractivity contribution in [3.05, 3.63) is 11.3 Å². The highest BCUT2D eigenvalue weighted by Gasteiger charge is 2.34. The fraction of sp³-hybridized carbons (Fsp3) is 0.714. The van der Waals surface area contributed by atoms with Crippen molar-refractivity contribution in [2.75, 3.05) is 13.2 Å². The number of hydrogen-bond acceptors (Lipinski definition) is 4. The second-order valence-corrected chi connectivity index (χ2v) is 5.52. The molecule has 0 saturated carbocycles. The number of rotatable bonds is 5. The molecule has 0 saturated heterocycles. The van der Waals surface area contributed by atoms with Gasteiger partial charge in [-0.1, -0.05) is 20.8 Å². The summed E-state index contributed by atoms with van der Waals surface area (Å²) in [5.74, 6) is 0.147. The SMILES string of the molecule is CCC(=NCCCO)C1=C(O)CC(C)(C)CC1=O. The zero-order valence-electron chi connectivity index (χ0n) is 11.5. The highest BCUT2D eigenvalue weighted by Crippen LogP contribution is 2.36. The lowest BCUT2D eigenvalue weighted by atomic mass is 9.75. The maximum absolute atomic E-state index is 12.1. The Kier molecular flexibility index (Phi) is 5.08. The van der Waals surface area contributed by atoms with Crippen LogP contribution in [0.4, 0.5) is 0 Å². The molecule has 1 aliphatic carbocycles. The first-order chi connectivity index (χ1) is 8.41. The topological polar surface area (TPSA) is 69.9 Å². The van der Waals surface area contributed by atoms with Crippen LogP contribution in [0, 0.1) is 5.41 Å². The molecule has 0 atom stereocenters. The number of aliphatic imine (C=N–C) groups is 1. The lowest BCUT2D eigenvalue weighted by Gasteiger charge is -2.29. The van der Waals surface area contributed by atoms with Gasteiger partial charge in [0.2, 0.25) is 0 Å². The van der Waals surface area contributed by atoms with Crippen molar-refractivity contribution < 1.29 is 15.0 Å². The van der Waals surface area contributed by atoms with E-state index in [4.69, 9.17) is 5.11 Å². The molecule has 102 valence electrons. The average molecular weight is 253 g/mol. The van der Waals surface area contributed by atoms with Crippen LogP contribution in [0.5, 0.6) is 0 Å². The van der Waals surface area contributed by atoms with Gasteiger partial charge >= 0.3 is 0 Å². The van der Waals surface area contributed by atoms with Crippen LogP contribution in [0.3, 0.4) is 0 Å². The van der Waals surface area contributed by atoms with Gasteiger partial charge in [-0.2, -0.15) is 0 Å². The molecule has 0 aromatic rings. The fourth-order valence-electron chi connectivity index (χ4n) is 2.27. The first-order valence-electron chi connectivity index (χ1n) is 6.51. The molecule has 0 bridgehead atoms. The van der Waals surface area contributed by atoms with Crippen LogP contribution in [0.25, 0.3) is 0 Å². The maximum atomic E-state index is 12.1. The van der Waals surface area contributed by atoms with E-state index in [2.05, 4.69) is 4.99 Å². The van der Waals surface area contributed by atoms with Gasteiger partial charge in [-0.05, 0) is 18.3 Å². The molecule has 4 nitrogen and oxygen atoms in total. The van der Waals surface area contributed by atoms with E-state index in [0.717, 1.165) is 0 Å². The number of allylic oxidation sites excluding steroid dienone is 2. The fourth-order valence-corrected chi connectivity index (χ4v) is 2.27. The van der Waals surface area contributed by atoms with Gasteiger partial charge in [0.05, 0.1) is 5.57 Å². The van der Waals surface area contributed by atoms with Crippen molar-refractivity contribution >= 4 is 11.5 Å². The first kappa shape index (κ1) is 14.9. The van der Waals surface area contributed by atoms with E-state index >= 15 is 0 Å². The minimum Gasteiger partial charge on any atom is -0.511 e. The Labute approximate surface area is 108 Å². The van der Waals surface area contributed by atoms with E-state index in [0.29, 0.717) is 43.5 Å². The predicted molar refractivity (Wildman–Crippen MR) is 72.0 cm³/mol. The molecule has 0 unspecified atom stereocenters. The molecule has 0 radical (unpaired) electrons. The molecule has 0 aromatic carbocycles. The van der Waals surface area contributed by atoms with Crippen LogP contribution < -0.4 is 0 Å². The summed E-state index contributed by atoms with van der Waals surface area (Å²) in [6.07, 6.45) is 2.17. The maximum Gasteiger partial charge on any atom is 0.168 e. The summed E-state index contributed by atoms with van der Waals surface area (Å²) >= 11 is 0. The van der Waals surface area contributed by atoms with Crippen molar-refractivity contribution in [1.82, 2.24) is 0 Å². The summed E-state index contributed by atoms with van der Waals surface area (Å²) in [5, 5.41) is 18.8. The summed E-state index contributed by atoms with van der Waals surface area (Å²) in [5.41, 5.74) is 0.908. The number of ketones is 1. The standard InChI is InChI=1S/C14H23NO3/c1-4-10(15-6-5-7-16)13-11(17)8-14(2,3)9-12(13)18/h16-17H,4-9H2,1-3H3. The zero-order valence-corrected chi connectivity index (χ0v) is 11.5. The highest BCUT2D eigenvalue weighted by molar-refractivity contribution is 6.23. The summed E-state index contributed by atoms with van der Waals surface area (Å²) in [6, 6.07) is 0. The molecule has 1 aliphatic rings. The first-order valence-corrected chi connectivity index (χ1v) is 6.51. The summed E-state index contributed by atoms with van der Waals surface area (Å²) in [6.45, 7) is 6.46. The van der Waals surface area contributed by atoms with Gasteiger partial charge in [0.1, 0.15) is 5.76 Å². The van der Waals surface area contributed by atoms with Gasteiger partial charge < -0.3 is 10.2 Å². The molecular formula is C14H23NO3. The predicted octanol–water partition coefficient (Wildman–Crippen LogP) is 2.42. The Bertz CT molecular complexity index is 381. The minimum absolute atomic E-state index is 0.0200. The van der Waals surface area contributed by atoms with E-state index in [-0.39, 0.29) is 23.6 Å². The van der Waals surface area contributed by atoms with Gasteiger partial charge in [-0.3, -0.25) is 9.79 Å². The second kappa shape index (κ2) is 6.14. The molecule has 0 aromatic heterocycles. The Morgan fingerprint density at radius 2 is 2.06 bits per heavy atom. The minimum atomic E-state index is -0.172. The number of aliphatic hydroxyl groups is 2. The Hall–Kier alpha value is -1.16. The van der Waals surface area contributed by atoms with Gasteiger partial charge in [0.15, 0.2) is 5.78 Å². The third-order valence-electron chi connectivity index (χ3n) is 3.09. The van der Waals surface area contributed by atoms with Crippen LogP contribution >= 0.6 is 0 Å². The van der Waals surface area contributed by atoms with Crippen molar-refractivity contribution in [3.8, 4) is 0 Å². The second-order valence-electron chi connectivity index (χ2n) is 5.52. The zero-order chi connectivity index (χ0) is 13.8. The number of hydrogen-bond donors (Lipinski definition) is 2. The van der Waals surface area contributed by atoms with Crippen molar-refractivity contribution in [1.29, 1.82) is 0 Å². The van der Waals surface area contributed by atoms with E-state index < -0.39 is 0 Å². The molecule has 0 spiro atoms. The summed E-state index contributed by atoms with van der Waals surface area (Å²) < 4.78 is 0. The van der Waals surface area contributed by atoms with Gasteiger partial charge in [0.25, 0.3) is 0 Å². The van der Waals surface area contributed by atoms with Crippen LogP contribution in [0.15, 0.2) is 16.3 Å². The summed E-state index contributed by atoms with van der Waals surface area (Å²) in [7, 11) is 0. The Morgan fingerprint density at radius 3 is 2.56 bits per heavy atom. The quantitative estimate of drug-likeness (QED) is 0.584. The monoisotopic (exact) mass is 253 g/mol. The molecule has 0 aliphatic heterocycles. The molecule has 0 fully saturated rings. The number of carbonyl (C=O) groups is 1. The van der Waals surface area contributed by atoms with Gasteiger partial charge in [-0.25, -0.2) is 0 Å². The molecular weight excluding hydrogens is 230 g/mol. The van der Waals surface area contributed by atoms with Gasteiger partial charge in [-0.15, -0.1) is 0 Å². The third kappa shape index (κ3) is 3.67. The Balaban J connectivity index is 2.97. The molecule has 0 heterocycles. The average Bonchev–Trinajstić information content (AvgIpc) is 2.24. The molecule has 4 heteroatoms. The molecule has 18 heavy (non-hydrogen) atoms.